The molecular formula is C24H23ClFN3O3. The van der Waals surface area contributed by atoms with Gasteiger partial charge in [0.15, 0.2) is 0 Å². The van der Waals surface area contributed by atoms with Gasteiger partial charge in [-0.2, -0.15) is 0 Å². The van der Waals surface area contributed by atoms with Gasteiger partial charge in [-0.3, -0.25) is 14.6 Å². The molecule has 2 aromatic heterocycles. The number of nitrogens with one attached hydrogen (secondary N) is 1. The molecule has 0 radical (unpaired) electrons. The minimum atomic E-state index is -0.546. The first-order chi connectivity index (χ1) is 15.4. The van der Waals surface area contributed by atoms with Gasteiger partial charge in [0.05, 0.1) is 23.5 Å². The number of nitrogens with zero attached hydrogens (tertiary/aromatic N) is 2. The van der Waals surface area contributed by atoms with Crippen molar-refractivity contribution >= 4 is 40.1 Å². The minimum Gasteiger partial charge on any atom is -0.466 e. The zero-order valence-electron chi connectivity index (χ0n) is 18.0. The Morgan fingerprint density at radius 3 is 2.66 bits per heavy atom. The average molecular weight is 456 g/mol. The molecule has 0 spiro atoms. The number of amides is 1. The first kappa shape index (κ1) is 22.1. The molecule has 1 aliphatic rings. The number of pyridine rings is 2. The highest BCUT2D eigenvalue weighted by Crippen LogP contribution is 2.50. The Labute approximate surface area is 190 Å². The molecule has 1 aromatic carbocycles. The van der Waals surface area contributed by atoms with Gasteiger partial charge in [-0.1, -0.05) is 24.9 Å². The van der Waals surface area contributed by atoms with Crippen LogP contribution in [0.15, 0.2) is 36.8 Å². The number of halogens is 2. The second kappa shape index (κ2) is 8.82. The Morgan fingerprint density at radius 2 is 1.97 bits per heavy atom. The molecule has 1 amide bonds. The first-order valence-electron chi connectivity index (χ1n) is 10.5. The number of carbonyl (C=O) groups excluding carboxylic acids is 2. The second-order valence-corrected chi connectivity index (χ2v) is 8.28. The van der Waals surface area contributed by atoms with Gasteiger partial charge < -0.3 is 10.1 Å². The van der Waals surface area contributed by atoms with E-state index in [0.29, 0.717) is 34.1 Å². The number of anilines is 1. The molecule has 3 atom stereocenters. The molecule has 8 heteroatoms. The van der Waals surface area contributed by atoms with Crippen molar-refractivity contribution in [2.24, 2.45) is 17.8 Å². The van der Waals surface area contributed by atoms with Gasteiger partial charge in [-0.05, 0) is 48.9 Å². The second-order valence-electron chi connectivity index (χ2n) is 7.90. The smallest absolute Gasteiger partial charge is 0.310 e. The maximum Gasteiger partial charge on any atom is 0.310 e. The molecule has 166 valence electrons. The third-order valence-corrected chi connectivity index (χ3v) is 6.35. The Bertz CT molecular complexity index is 1220. The Balaban J connectivity index is 1.64. The van der Waals surface area contributed by atoms with Crippen molar-refractivity contribution in [1.29, 1.82) is 0 Å². The summed E-state index contributed by atoms with van der Waals surface area (Å²) in [5, 5.41) is 3.81. The van der Waals surface area contributed by atoms with E-state index in [0.717, 1.165) is 5.56 Å². The standard InChI is InChI=1S/C24H23ClFN3O3/c1-4-14-19(20(14)24(31)32-5-2)23(30)29-18-9-13-8-15(16-10-27-7-6-12(16)3)22(26)21(25)17(13)11-28-18/h6-11,14,19-20H,4-5H2,1-3H3,(H,28,29,30)/t14-,19+,20+/m1/s1. The van der Waals surface area contributed by atoms with E-state index < -0.39 is 17.7 Å². The summed E-state index contributed by atoms with van der Waals surface area (Å²) in [5.41, 5.74) is 1.82. The Hall–Kier alpha value is -3.06. The lowest BCUT2D eigenvalue weighted by atomic mass is 9.99. The van der Waals surface area contributed by atoms with E-state index in [9.17, 15) is 14.0 Å². The molecule has 2 heterocycles. The van der Waals surface area contributed by atoms with Crippen molar-refractivity contribution in [1.82, 2.24) is 9.97 Å². The van der Waals surface area contributed by atoms with Crippen LogP contribution in [0.2, 0.25) is 5.02 Å². The van der Waals surface area contributed by atoms with Crippen molar-refractivity contribution < 1.29 is 18.7 Å². The summed E-state index contributed by atoms with van der Waals surface area (Å²) in [6, 6.07) is 5.12. The molecule has 0 unspecified atom stereocenters. The quantitative estimate of drug-likeness (QED) is 0.518. The largest absolute Gasteiger partial charge is 0.466 e. The molecule has 3 aromatic rings. The molecule has 0 saturated heterocycles. The highest BCUT2D eigenvalue weighted by atomic mass is 35.5. The number of benzene rings is 1. The lowest BCUT2D eigenvalue weighted by Crippen LogP contribution is -2.18. The molecule has 1 fully saturated rings. The van der Waals surface area contributed by atoms with Gasteiger partial charge in [0.2, 0.25) is 5.91 Å². The zero-order chi connectivity index (χ0) is 23.0. The third-order valence-electron chi connectivity index (χ3n) is 5.98. The van der Waals surface area contributed by atoms with E-state index in [2.05, 4.69) is 15.3 Å². The van der Waals surface area contributed by atoms with Crippen LogP contribution < -0.4 is 5.32 Å². The number of esters is 1. The van der Waals surface area contributed by atoms with Gasteiger partial charge in [0, 0.05) is 35.1 Å². The molecule has 6 nitrogen and oxygen atoms in total. The van der Waals surface area contributed by atoms with Gasteiger partial charge in [0.25, 0.3) is 0 Å². The summed E-state index contributed by atoms with van der Waals surface area (Å²) >= 11 is 6.30. The summed E-state index contributed by atoms with van der Waals surface area (Å²) in [7, 11) is 0. The fourth-order valence-corrected chi connectivity index (χ4v) is 4.51. The van der Waals surface area contributed by atoms with E-state index in [1.807, 2.05) is 13.8 Å². The zero-order valence-corrected chi connectivity index (χ0v) is 18.7. The highest BCUT2D eigenvalue weighted by Gasteiger charge is 2.58. The van der Waals surface area contributed by atoms with Crippen LogP contribution in [0.1, 0.15) is 25.8 Å². The number of aromatic nitrogens is 2. The molecular weight excluding hydrogens is 433 g/mol. The molecule has 1 N–H and O–H groups in total. The van der Waals surface area contributed by atoms with E-state index in [-0.39, 0.29) is 29.4 Å². The van der Waals surface area contributed by atoms with Crippen LogP contribution in [-0.2, 0) is 14.3 Å². The van der Waals surface area contributed by atoms with Crippen molar-refractivity contribution in [3.63, 3.8) is 0 Å². The van der Waals surface area contributed by atoms with Crippen molar-refractivity contribution in [3.05, 3.63) is 53.2 Å². The van der Waals surface area contributed by atoms with Crippen molar-refractivity contribution in [2.45, 2.75) is 27.2 Å². The number of aryl methyl sites for hydroxylation is 1. The van der Waals surface area contributed by atoms with Gasteiger partial charge in [0.1, 0.15) is 11.6 Å². The SMILES string of the molecule is CCOC(=O)[C@H]1[C@H](CC)[C@@H]1C(=O)Nc1cc2cc(-c3cnccc3C)c(F)c(Cl)c2cn1. The predicted molar refractivity (Wildman–Crippen MR) is 121 cm³/mol. The average Bonchev–Trinajstić information content (AvgIpc) is 3.52. The summed E-state index contributed by atoms with van der Waals surface area (Å²) in [6.07, 6.45) is 5.37. The fraction of sp³-hybridized carbons (Fsp3) is 0.333. The monoisotopic (exact) mass is 455 g/mol. The van der Waals surface area contributed by atoms with Crippen LogP contribution in [-0.4, -0.2) is 28.5 Å². The Morgan fingerprint density at radius 1 is 1.19 bits per heavy atom. The summed E-state index contributed by atoms with van der Waals surface area (Å²) in [5.74, 6) is -1.77. The van der Waals surface area contributed by atoms with Crippen LogP contribution in [0.5, 0.6) is 0 Å². The molecule has 32 heavy (non-hydrogen) atoms. The van der Waals surface area contributed by atoms with Crippen LogP contribution in [0.3, 0.4) is 0 Å². The fourth-order valence-electron chi connectivity index (χ4n) is 4.25. The van der Waals surface area contributed by atoms with Crippen LogP contribution in [0, 0.1) is 30.5 Å². The van der Waals surface area contributed by atoms with E-state index in [1.54, 1.807) is 37.5 Å². The summed E-state index contributed by atoms with van der Waals surface area (Å²) in [4.78, 5) is 33.2. The molecule has 4 rings (SSSR count). The lowest BCUT2D eigenvalue weighted by molar-refractivity contribution is -0.146. The number of fused-ring (bicyclic) bond motifs is 1. The van der Waals surface area contributed by atoms with Gasteiger partial charge in [-0.25, -0.2) is 9.37 Å². The number of rotatable bonds is 6. The van der Waals surface area contributed by atoms with Crippen LogP contribution in [0.25, 0.3) is 21.9 Å². The van der Waals surface area contributed by atoms with E-state index in [1.165, 1.54) is 6.20 Å². The molecule has 1 saturated carbocycles. The molecule has 0 bridgehead atoms. The first-order valence-corrected chi connectivity index (χ1v) is 10.9. The third kappa shape index (κ3) is 3.93. The Kier molecular flexibility index (Phi) is 6.11. The van der Waals surface area contributed by atoms with Gasteiger partial charge in [-0.15, -0.1) is 0 Å². The van der Waals surface area contributed by atoms with Crippen molar-refractivity contribution in [3.8, 4) is 11.1 Å². The van der Waals surface area contributed by atoms with Crippen molar-refractivity contribution in [2.75, 3.05) is 11.9 Å². The maximum atomic E-state index is 15.0. The predicted octanol–water partition coefficient (Wildman–Crippen LogP) is 5.17. The normalized spacial score (nSPS) is 19.6. The highest BCUT2D eigenvalue weighted by molar-refractivity contribution is 6.36. The minimum absolute atomic E-state index is 0.0401. The topological polar surface area (TPSA) is 81.2 Å². The maximum absolute atomic E-state index is 15.0. The number of carbonyl (C=O) groups is 2. The lowest BCUT2D eigenvalue weighted by Gasteiger charge is -2.12. The number of hydrogen-bond acceptors (Lipinski definition) is 5. The van der Waals surface area contributed by atoms with Crippen LogP contribution in [0.4, 0.5) is 10.2 Å². The number of hydrogen-bond donors (Lipinski definition) is 1. The van der Waals surface area contributed by atoms with E-state index >= 15 is 0 Å². The summed E-state index contributed by atoms with van der Waals surface area (Å²) < 4.78 is 20.1. The van der Waals surface area contributed by atoms with E-state index in [4.69, 9.17) is 16.3 Å². The van der Waals surface area contributed by atoms with Crippen LogP contribution >= 0.6 is 11.6 Å². The summed E-state index contributed by atoms with van der Waals surface area (Å²) in [6.45, 7) is 5.83. The van der Waals surface area contributed by atoms with Gasteiger partial charge >= 0.3 is 5.97 Å². The molecule has 0 aliphatic heterocycles. The molecule has 1 aliphatic carbocycles. The number of ether oxygens (including phenoxy) is 1.